The van der Waals surface area contributed by atoms with Crippen molar-refractivity contribution >= 4 is 17.5 Å². The van der Waals surface area contributed by atoms with E-state index >= 15 is 0 Å². The summed E-state index contributed by atoms with van der Waals surface area (Å²) in [7, 11) is 0. The van der Waals surface area contributed by atoms with Crippen LogP contribution >= 0.6 is 0 Å². The van der Waals surface area contributed by atoms with E-state index in [1.165, 1.54) is 0 Å². The summed E-state index contributed by atoms with van der Waals surface area (Å²) in [5.74, 6) is 0.486. The van der Waals surface area contributed by atoms with Crippen LogP contribution in [0.4, 0.5) is 16.3 Å². The van der Waals surface area contributed by atoms with E-state index in [1.54, 1.807) is 30.3 Å². The molecular formula is C23H18N4O2. The molecular weight excluding hydrogens is 364 g/mol. The lowest BCUT2D eigenvalue weighted by atomic mass is 10.1. The zero-order chi connectivity index (χ0) is 20.1. The van der Waals surface area contributed by atoms with E-state index in [4.69, 9.17) is 0 Å². The Hall–Kier alpha value is -4.03. The van der Waals surface area contributed by atoms with E-state index in [9.17, 15) is 10.0 Å². The maximum atomic E-state index is 12.5. The number of hydrogen-bond acceptors (Lipinski definition) is 4. The summed E-state index contributed by atoms with van der Waals surface area (Å²) >= 11 is 0. The number of aromatic nitrogens is 2. The van der Waals surface area contributed by atoms with Crippen molar-refractivity contribution in [2.45, 2.75) is 0 Å². The fourth-order valence-electron chi connectivity index (χ4n) is 2.82. The van der Waals surface area contributed by atoms with E-state index in [2.05, 4.69) is 15.3 Å². The number of nitrogens with one attached hydrogen (secondary N) is 1. The molecule has 2 N–H and O–H groups in total. The second-order valence-electron chi connectivity index (χ2n) is 6.28. The molecule has 0 atom stereocenters. The van der Waals surface area contributed by atoms with Crippen LogP contribution in [0.1, 0.15) is 0 Å². The van der Waals surface area contributed by atoms with Crippen LogP contribution in [0.2, 0.25) is 0 Å². The first-order valence-electron chi connectivity index (χ1n) is 9.06. The summed E-state index contributed by atoms with van der Waals surface area (Å²) in [5.41, 5.74) is 2.80. The number of carbonyl (C=O) groups excluding carboxylic acids is 1. The molecule has 0 aliphatic heterocycles. The number of amides is 2. The monoisotopic (exact) mass is 382 g/mol. The molecule has 0 aliphatic carbocycles. The predicted octanol–water partition coefficient (Wildman–Crippen LogP) is 5.24. The van der Waals surface area contributed by atoms with Crippen LogP contribution < -0.4 is 10.4 Å². The largest absolute Gasteiger partial charge is 0.351 e. The van der Waals surface area contributed by atoms with Gasteiger partial charge in [-0.1, -0.05) is 78.9 Å². The van der Waals surface area contributed by atoms with Crippen molar-refractivity contribution < 1.29 is 10.0 Å². The summed E-state index contributed by atoms with van der Waals surface area (Å²) in [4.78, 5) is 21.5. The van der Waals surface area contributed by atoms with Crippen LogP contribution in [0.25, 0.3) is 22.6 Å². The Balaban J connectivity index is 1.72. The van der Waals surface area contributed by atoms with Gasteiger partial charge < -0.3 is 5.32 Å². The lowest BCUT2D eigenvalue weighted by Crippen LogP contribution is -2.32. The maximum Gasteiger partial charge on any atom is 0.351 e. The summed E-state index contributed by atoms with van der Waals surface area (Å²) in [6, 6.07) is 28.7. The second kappa shape index (κ2) is 8.33. The predicted molar refractivity (Wildman–Crippen MR) is 113 cm³/mol. The Morgan fingerprint density at radius 2 is 1.31 bits per heavy atom. The molecule has 142 valence electrons. The quantitative estimate of drug-likeness (QED) is 0.374. The Kier molecular flexibility index (Phi) is 5.27. The number of nitrogens with zero attached hydrogens (tertiary/aromatic N) is 3. The number of rotatable bonds is 4. The molecule has 0 aliphatic rings. The average Bonchev–Trinajstić information content (AvgIpc) is 2.80. The topological polar surface area (TPSA) is 78.4 Å². The van der Waals surface area contributed by atoms with Crippen LogP contribution in [0.5, 0.6) is 0 Å². The van der Waals surface area contributed by atoms with Gasteiger partial charge in [0.05, 0.1) is 5.69 Å². The summed E-state index contributed by atoms with van der Waals surface area (Å²) in [5, 5.41) is 13.7. The molecule has 0 saturated carbocycles. The van der Waals surface area contributed by atoms with Gasteiger partial charge in [0.2, 0.25) is 0 Å². The molecule has 6 heteroatoms. The van der Waals surface area contributed by atoms with Crippen LogP contribution in [-0.4, -0.2) is 21.2 Å². The third-order valence-corrected chi connectivity index (χ3v) is 4.25. The number of urea groups is 1. The zero-order valence-electron chi connectivity index (χ0n) is 15.4. The van der Waals surface area contributed by atoms with Gasteiger partial charge >= 0.3 is 6.03 Å². The smallest absolute Gasteiger partial charge is 0.306 e. The molecule has 3 aromatic carbocycles. The standard InChI is InChI=1S/C23H18N4O2/c28-23(24-19-14-8-3-9-15-19)27(29)21-16-20(17-10-4-1-5-11-17)25-22(26-21)18-12-6-2-7-13-18/h1-16,29H,(H,24,28). The van der Waals surface area contributed by atoms with E-state index in [1.807, 2.05) is 66.7 Å². The maximum absolute atomic E-state index is 12.5. The van der Waals surface area contributed by atoms with Crippen LogP contribution in [0.15, 0.2) is 97.1 Å². The van der Waals surface area contributed by atoms with Crippen molar-refractivity contribution in [3.8, 4) is 22.6 Å². The number of anilines is 2. The second-order valence-corrected chi connectivity index (χ2v) is 6.28. The van der Waals surface area contributed by atoms with Crippen LogP contribution in [0.3, 0.4) is 0 Å². The third-order valence-electron chi connectivity index (χ3n) is 4.25. The molecule has 4 aromatic rings. The number of carbonyl (C=O) groups is 1. The van der Waals surface area contributed by atoms with Gasteiger partial charge in [-0.15, -0.1) is 0 Å². The Morgan fingerprint density at radius 3 is 1.93 bits per heavy atom. The normalized spacial score (nSPS) is 10.4. The van der Waals surface area contributed by atoms with Crippen molar-refractivity contribution in [2.75, 3.05) is 10.4 Å². The highest BCUT2D eigenvalue weighted by Gasteiger charge is 2.18. The molecule has 0 fully saturated rings. The highest BCUT2D eigenvalue weighted by Crippen LogP contribution is 2.26. The van der Waals surface area contributed by atoms with Gasteiger partial charge in [0.15, 0.2) is 11.6 Å². The molecule has 0 saturated heterocycles. The zero-order valence-corrected chi connectivity index (χ0v) is 15.4. The molecule has 2 amide bonds. The average molecular weight is 382 g/mol. The Bertz CT molecular complexity index is 1050. The highest BCUT2D eigenvalue weighted by atomic mass is 16.5. The lowest BCUT2D eigenvalue weighted by molar-refractivity contribution is 0.214. The fraction of sp³-hybridized carbons (Fsp3) is 0. The first-order valence-corrected chi connectivity index (χ1v) is 9.06. The molecule has 0 radical (unpaired) electrons. The van der Waals surface area contributed by atoms with Gasteiger partial charge in [0.25, 0.3) is 0 Å². The summed E-state index contributed by atoms with van der Waals surface area (Å²) in [6.45, 7) is 0. The third kappa shape index (κ3) is 4.28. The highest BCUT2D eigenvalue weighted by molar-refractivity contribution is 5.99. The van der Waals surface area contributed by atoms with E-state index in [0.29, 0.717) is 22.3 Å². The summed E-state index contributed by atoms with van der Waals surface area (Å²) in [6.07, 6.45) is 0. The molecule has 0 bridgehead atoms. The minimum absolute atomic E-state index is 0.0751. The Labute approximate surface area is 168 Å². The number of para-hydroxylation sites is 1. The van der Waals surface area contributed by atoms with Crippen molar-refractivity contribution in [3.63, 3.8) is 0 Å². The van der Waals surface area contributed by atoms with Crippen LogP contribution in [-0.2, 0) is 0 Å². The van der Waals surface area contributed by atoms with Gasteiger partial charge in [-0.05, 0) is 12.1 Å². The molecule has 1 aromatic heterocycles. The number of benzene rings is 3. The number of hydroxylamine groups is 1. The minimum atomic E-state index is -0.715. The van der Waals surface area contributed by atoms with Crippen molar-refractivity contribution in [3.05, 3.63) is 97.1 Å². The minimum Gasteiger partial charge on any atom is -0.306 e. The molecule has 0 spiro atoms. The molecule has 29 heavy (non-hydrogen) atoms. The SMILES string of the molecule is O=C(Nc1ccccc1)N(O)c1cc(-c2ccccc2)nc(-c2ccccc2)n1. The first-order chi connectivity index (χ1) is 14.2. The van der Waals surface area contributed by atoms with E-state index in [0.717, 1.165) is 11.1 Å². The molecule has 0 unspecified atom stereocenters. The fourth-order valence-corrected chi connectivity index (χ4v) is 2.82. The van der Waals surface area contributed by atoms with Gasteiger partial charge in [-0.25, -0.2) is 14.8 Å². The van der Waals surface area contributed by atoms with Gasteiger partial charge in [0.1, 0.15) is 0 Å². The van der Waals surface area contributed by atoms with Crippen LogP contribution in [0, 0.1) is 0 Å². The number of hydrogen-bond donors (Lipinski definition) is 2. The first kappa shape index (κ1) is 18.3. The Morgan fingerprint density at radius 1 is 0.759 bits per heavy atom. The molecule has 6 nitrogen and oxygen atoms in total. The van der Waals surface area contributed by atoms with E-state index in [-0.39, 0.29) is 5.82 Å². The van der Waals surface area contributed by atoms with Crippen molar-refractivity contribution in [1.29, 1.82) is 0 Å². The van der Waals surface area contributed by atoms with Crippen molar-refractivity contribution in [2.24, 2.45) is 0 Å². The molecule has 1 heterocycles. The van der Waals surface area contributed by atoms with Gasteiger partial charge in [0, 0.05) is 22.9 Å². The van der Waals surface area contributed by atoms with Crippen molar-refractivity contribution in [1.82, 2.24) is 9.97 Å². The van der Waals surface area contributed by atoms with Gasteiger partial charge in [-0.3, -0.25) is 5.21 Å². The summed E-state index contributed by atoms with van der Waals surface area (Å²) < 4.78 is 0. The van der Waals surface area contributed by atoms with E-state index < -0.39 is 6.03 Å². The molecule has 4 rings (SSSR count). The van der Waals surface area contributed by atoms with Gasteiger partial charge in [-0.2, -0.15) is 5.06 Å². The lowest BCUT2D eigenvalue weighted by Gasteiger charge is -2.17.